The third-order valence-electron chi connectivity index (χ3n) is 1.89. The predicted molar refractivity (Wildman–Crippen MR) is 48.6 cm³/mol. The van der Waals surface area contributed by atoms with Crippen LogP contribution in [0.2, 0.25) is 0 Å². The van der Waals surface area contributed by atoms with Gasteiger partial charge in [0, 0.05) is 11.3 Å². The molecule has 1 aromatic heterocycles. The number of aliphatic hydroxyl groups is 1. The summed E-state index contributed by atoms with van der Waals surface area (Å²) in [6.45, 7) is 3.78. The molecule has 0 spiro atoms. The second-order valence-electron chi connectivity index (χ2n) is 2.83. The lowest BCUT2D eigenvalue weighted by Crippen LogP contribution is -2.02. The summed E-state index contributed by atoms with van der Waals surface area (Å²) in [5.74, 6) is 0.500. The fraction of sp³-hybridized carbons (Fsp3) is 0.444. The average molecular weight is 166 g/mol. The molecule has 3 nitrogen and oxygen atoms in total. The summed E-state index contributed by atoms with van der Waals surface area (Å²) < 4.78 is 0. The number of nitrogens with two attached hydrogens (primary N) is 1. The topological polar surface area (TPSA) is 59.1 Å². The maximum absolute atomic E-state index is 9.52. The SMILES string of the molecule is CC[C@@H](O)c1ccc(N)nc1C. The molecule has 0 fully saturated rings. The van der Waals surface area contributed by atoms with Gasteiger partial charge in [0.05, 0.1) is 6.10 Å². The van der Waals surface area contributed by atoms with Crippen molar-refractivity contribution in [2.24, 2.45) is 0 Å². The minimum Gasteiger partial charge on any atom is -0.388 e. The fourth-order valence-electron chi connectivity index (χ4n) is 1.16. The monoisotopic (exact) mass is 166 g/mol. The number of anilines is 1. The number of nitrogens with zero attached hydrogens (tertiary/aromatic N) is 1. The van der Waals surface area contributed by atoms with Crippen LogP contribution >= 0.6 is 0 Å². The maximum Gasteiger partial charge on any atom is 0.123 e. The summed E-state index contributed by atoms with van der Waals surface area (Å²) in [6.07, 6.45) is 0.282. The molecule has 1 heterocycles. The van der Waals surface area contributed by atoms with Crippen molar-refractivity contribution in [2.45, 2.75) is 26.4 Å². The molecule has 0 bridgehead atoms. The van der Waals surface area contributed by atoms with Crippen molar-refractivity contribution in [3.05, 3.63) is 23.4 Å². The van der Waals surface area contributed by atoms with E-state index >= 15 is 0 Å². The molecule has 0 radical (unpaired) electrons. The quantitative estimate of drug-likeness (QED) is 0.698. The van der Waals surface area contributed by atoms with Crippen LogP contribution in [0.15, 0.2) is 12.1 Å². The first-order chi connectivity index (χ1) is 5.65. The summed E-state index contributed by atoms with van der Waals surface area (Å²) >= 11 is 0. The fourth-order valence-corrected chi connectivity index (χ4v) is 1.16. The Morgan fingerprint density at radius 2 is 2.25 bits per heavy atom. The van der Waals surface area contributed by atoms with Crippen molar-refractivity contribution >= 4 is 5.82 Å². The van der Waals surface area contributed by atoms with Crippen molar-refractivity contribution in [2.75, 3.05) is 5.73 Å². The molecule has 0 aromatic carbocycles. The van der Waals surface area contributed by atoms with Gasteiger partial charge in [-0.25, -0.2) is 4.98 Å². The molecule has 0 amide bonds. The van der Waals surface area contributed by atoms with E-state index in [9.17, 15) is 5.11 Å². The Kier molecular flexibility index (Phi) is 2.65. The molecule has 1 rings (SSSR count). The van der Waals surface area contributed by atoms with Gasteiger partial charge in [-0.15, -0.1) is 0 Å². The second-order valence-corrected chi connectivity index (χ2v) is 2.83. The first-order valence-electron chi connectivity index (χ1n) is 4.06. The number of aryl methyl sites for hydroxylation is 1. The van der Waals surface area contributed by atoms with Gasteiger partial charge in [0.15, 0.2) is 0 Å². The molecule has 0 aliphatic rings. The van der Waals surface area contributed by atoms with Crippen molar-refractivity contribution in [3.63, 3.8) is 0 Å². The van der Waals surface area contributed by atoms with E-state index in [4.69, 9.17) is 5.73 Å². The molecular weight excluding hydrogens is 152 g/mol. The van der Waals surface area contributed by atoms with Gasteiger partial charge in [0.25, 0.3) is 0 Å². The molecule has 0 unspecified atom stereocenters. The standard InChI is InChI=1S/C9H14N2O/c1-3-8(12)7-4-5-9(10)11-6(7)2/h4-5,8,12H,3H2,1-2H3,(H2,10,11)/t8-/m1/s1. The van der Waals surface area contributed by atoms with Crippen LogP contribution in [0.5, 0.6) is 0 Å². The zero-order valence-corrected chi connectivity index (χ0v) is 7.41. The highest BCUT2D eigenvalue weighted by Gasteiger charge is 2.08. The Balaban J connectivity index is 3.01. The summed E-state index contributed by atoms with van der Waals surface area (Å²) in [6, 6.07) is 3.53. The molecule has 0 saturated heterocycles. The van der Waals surface area contributed by atoms with Crippen LogP contribution in [-0.4, -0.2) is 10.1 Å². The Morgan fingerprint density at radius 3 is 2.75 bits per heavy atom. The molecule has 66 valence electrons. The van der Waals surface area contributed by atoms with Gasteiger partial charge in [0.1, 0.15) is 5.82 Å². The van der Waals surface area contributed by atoms with Crippen LogP contribution in [0.3, 0.4) is 0 Å². The van der Waals surface area contributed by atoms with E-state index in [1.54, 1.807) is 6.07 Å². The Hall–Kier alpha value is -1.09. The van der Waals surface area contributed by atoms with Gasteiger partial charge in [0.2, 0.25) is 0 Å². The lowest BCUT2D eigenvalue weighted by molar-refractivity contribution is 0.172. The van der Waals surface area contributed by atoms with E-state index in [0.717, 1.165) is 11.3 Å². The van der Waals surface area contributed by atoms with Crippen LogP contribution in [0.1, 0.15) is 30.7 Å². The maximum atomic E-state index is 9.52. The molecule has 0 aliphatic heterocycles. The second kappa shape index (κ2) is 3.54. The van der Waals surface area contributed by atoms with Crippen LogP contribution in [-0.2, 0) is 0 Å². The van der Waals surface area contributed by atoms with Crippen LogP contribution in [0.25, 0.3) is 0 Å². The molecule has 3 heteroatoms. The van der Waals surface area contributed by atoms with E-state index in [1.807, 2.05) is 19.9 Å². The third-order valence-corrected chi connectivity index (χ3v) is 1.89. The third kappa shape index (κ3) is 1.74. The van der Waals surface area contributed by atoms with Crippen LogP contribution in [0.4, 0.5) is 5.82 Å². The highest BCUT2D eigenvalue weighted by atomic mass is 16.3. The van der Waals surface area contributed by atoms with Crippen LogP contribution in [0, 0.1) is 6.92 Å². The van der Waals surface area contributed by atoms with Crippen LogP contribution < -0.4 is 5.73 Å². The van der Waals surface area contributed by atoms with Gasteiger partial charge in [-0.1, -0.05) is 13.0 Å². The normalized spacial score (nSPS) is 12.9. The van der Waals surface area contributed by atoms with Crippen molar-refractivity contribution < 1.29 is 5.11 Å². The lowest BCUT2D eigenvalue weighted by Gasteiger charge is -2.10. The molecule has 12 heavy (non-hydrogen) atoms. The van der Waals surface area contributed by atoms with Crippen molar-refractivity contribution in [3.8, 4) is 0 Å². The minimum atomic E-state index is -0.418. The van der Waals surface area contributed by atoms with Gasteiger partial charge in [-0.05, 0) is 19.4 Å². The highest BCUT2D eigenvalue weighted by Crippen LogP contribution is 2.19. The van der Waals surface area contributed by atoms with Gasteiger partial charge in [-0.3, -0.25) is 0 Å². The zero-order valence-electron chi connectivity index (χ0n) is 7.41. The molecule has 3 N–H and O–H groups in total. The molecule has 1 atom stereocenters. The Labute approximate surface area is 72.2 Å². The van der Waals surface area contributed by atoms with Crippen molar-refractivity contribution in [1.29, 1.82) is 0 Å². The minimum absolute atomic E-state index is 0.418. The van der Waals surface area contributed by atoms with E-state index in [-0.39, 0.29) is 0 Å². The molecular formula is C9H14N2O. The molecule has 0 saturated carbocycles. The van der Waals surface area contributed by atoms with E-state index < -0.39 is 6.10 Å². The summed E-state index contributed by atoms with van der Waals surface area (Å²) in [7, 11) is 0. The number of pyridine rings is 1. The van der Waals surface area contributed by atoms with Crippen molar-refractivity contribution in [1.82, 2.24) is 4.98 Å². The predicted octanol–water partition coefficient (Wildman–Crippen LogP) is 1.42. The first kappa shape index (κ1) is 9.00. The number of rotatable bonds is 2. The average Bonchev–Trinajstić information content (AvgIpc) is 2.03. The molecule has 1 aromatic rings. The van der Waals surface area contributed by atoms with Gasteiger partial charge in [-0.2, -0.15) is 0 Å². The number of aromatic nitrogens is 1. The number of hydrogen-bond donors (Lipinski definition) is 2. The smallest absolute Gasteiger partial charge is 0.123 e. The van der Waals surface area contributed by atoms with E-state index in [1.165, 1.54) is 0 Å². The summed E-state index contributed by atoms with van der Waals surface area (Å²) in [5.41, 5.74) is 7.15. The Morgan fingerprint density at radius 1 is 1.58 bits per heavy atom. The zero-order chi connectivity index (χ0) is 9.14. The van der Waals surface area contributed by atoms with E-state index in [2.05, 4.69) is 4.98 Å². The summed E-state index contributed by atoms with van der Waals surface area (Å²) in [4.78, 5) is 4.06. The number of nitrogen functional groups attached to an aromatic ring is 1. The van der Waals surface area contributed by atoms with Gasteiger partial charge >= 0.3 is 0 Å². The number of hydrogen-bond acceptors (Lipinski definition) is 3. The number of aliphatic hydroxyl groups excluding tert-OH is 1. The lowest BCUT2D eigenvalue weighted by atomic mass is 10.1. The van der Waals surface area contributed by atoms with Gasteiger partial charge < -0.3 is 10.8 Å². The largest absolute Gasteiger partial charge is 0.388 e. The van der Waals surface area contributed by atoms with E-state index in [0.29, 0.717) is 12.2 Å². The molecule has 0 aliphatic carbocycles. The Bertz CT molecular complexity index is 273. The highest BCUT2D eigenvalue weighted by molar-refractivity contribution is 5.34. The summed E-state index contributed by atoms with van der Waals surface area (Å²) in [5, 5.41) is 9.52. The first-order valence-corrected chi connectivity index (χ1v) is 4.06.